The van der Waals surface area contributed by atoms with E-state index in [0.717, 1.165) is 29.0 Å². The molecule has 4 heteroatoms. The lowest BCUT2D eigenvalue weighted by Gasteiger charge is -2.35. The molecule has 1 aliphatic heterocycles. The van der Waals surface area contributed by atoms with Crippen LogP contribution in [-0.4, -0.2) is 24.0 Å². The first-order chi connectivity index (χ1) is 8.70. The minimum absolute atomic E-state index is 0.645. The third-order valence-electron chi connectivity index (χ3n) is 3.64. The van der Waals surface area contributed by atoms with Gasteiger partial charge in [0.1, 0.15) is 0 Å². The Morgan fingerprint density at radius 3 is 2.94 bits per heavy atom. The fraction of sp³-hybridized carbons (Fsp3) is 0.571. The lowest BCUT2D eigenvalue weighted by Crippen LogP contribution is -2.40. The predicted molar refractivity (Wildman–Crippen MR) is 80.9 cm³/mol. The van der Waals surface area contributed by atoms with E-state index < -0.39 is 0 Å². The summed E-state index contributed by atoms with van der Waals surface area (Å²) in [5.41, 5.74) is 7.02. The maximum absolute atomic E-state index is 5.98. The number of rotatable bonds is 4. The van der Waals surface area contributed by atoms with E-state index in [2.05, 4.69) is 26.9 Å². The van der Waals surface area contributed by atoms with Crippen LogP contribution in [0.1, 0.15) is 31.2 Å². The summed E-state index contributed by atoms with van der Waals surface area (Å²) in [5.74, 6) is 0. The maximum Gasteiger partial charge on any atom is 0.0417 e. The molecule has 1 aromatic rings. The van der Waals surface area contributed by atoms with Gasteiger partial charge in [-0.15, -0.1) is 0 Å². The maximum atomic E-state index is 5.98. The number of likely N-dealkylation sites (tertiary alicyclic amines) is 1. The number of nitrogens with two attached hydrogens (primary N) is 1. The highest BCUT2D eigenvalue weighted by molar-refractivity contribution is 9.10. The molecule has 1 saturated heterocycles. The smallest absolute Gasteiger partial charge is 0.0417 e. The Balaban J connectivity index is 2.06. The molecule has 1 atom stereocenters. The summed E-state index contributed by atoms with van der Waals surface area (Å²) in [5, 5.41) is 0.780. The van der Waals surface area contributed by atoms with Crippen molar-refractivity contribution in [1.82, 2.24) is 4.90 Å². The van der Waals surface area contributed by atoms with E-state index in [0.29, 0.717) is 6.04 Å². The quantitative estimate of drug-likeness (QED) is 0.909. The van der Waals surface area contributed by atoms with Crippen molar-refractivity contribution in [2.45, 2.75) is 38.3 Å². The molecule has 1 fully saturated rings. The molecule has 1 unspecified atom stereocenters. The first-order valence-corrected chi connectivity index (χ1v) is 7.76. The van der Waals surface area contributed by atoms with Crippen molar-refractivity contribution >= 4 is 27.5 Å². The van der Waals surface area contributed by atoms with Crippen LogP contribution >= 0.6 is 27.5 Å². The molecule has 1 aromatic carbocycles. The van der Waals surface area contributed by atoms with E-state index in [1.54, 1.807) is 0 Å². The molecule has 0 saturated carbocycles. The molecule has 0 aromatic heterocycles. The standard InChI is InChI=1S/C14H20BrClN2/c15-14-9-12(16)5-4-11(14)10-18-8-2-1-3-13(18)6-7-17/h4-5,9,13H,1-3,6-8,10,17H2. The molecule has 2 N–H and O–H groups in total. The van der Waals surface area contributed by atoms with Crippen LogP contribution in [0.2, 0.25) is 5.02 Å². The Bertz CT molecular complexity index is 395. The summed E-state index contributed by atoms with van der Waals surface area (Å²) < 4.78 is 1.10. The number of piperidine rings is 1. The minimum Gasteiger partial charge on any atom is -0.330 e. The molecule has 0 aliphatic carbocycles. The molecule has 0 amide bonds. The Labute approximate surface area is 123 Å². The highest BCUT2D eigenvalue weighted by Crippen LogP contribution is 2.26. The Morgan fingerprint density at radius 1 is 1.39 bits per heavy atom. The highest BCUT2D eigenvalue weighted by Gasteiger charge is 2.22. The third-order valence-corrected chi connectivity index (χ3v) is 4.61. The van der Waals surface area contributed by atoms with Crippen molar-refractivity contribution in [3.63, 3.8) is 0 Å². The summed E-state index contributed by atoms with van der Waals surface area (Å²) >= 11 is 9.58. The molecule has 100 valence electrons. The van der Waals surface area contributed by atoms with Crippen LogP contribution in [0, 0.1) is 0 Å². The summed E-state index contributed by atoms with van der Waals surface area (Å²) in [6.45, 7) is 2.95. The zero-order valence-corrected chi connectivity index (χ0v) is 12.9. The number of hydrogen-bond acceptors (Lipinski definition) is 2. The van der Waals surface area contributed by atoms with Gasteiger partial charge in [-0.25, -0.2) is 0 Å². The number of benzene rings is 1. The third kappa shape index (κ3) is 3.70. The number of hydrogen-bond donors (Lipinski definition) is 1. The van der Waals surface area contributed by atoms with E-state index in [9.17, 15) is 0 Å². The van der Waals surface area contributed by atoms with Crippen molar-refractivity contribution in [2.75, 3.05) is 13.1 Å². The molecular weight excluding hydrogens is 312 g/mol. The van der Waals surface area contributed by atoms with Crippen molar-refractivity contribution in [3.8, 4) is 0 Å². The van der Waals surface area contributed by atoms with Crippen molar-refractivity contribution < 1.29 is 0 Å². The van der Waals surface area contributed by atoms with Crippen molar-refractivity contribution in [2.24, 2.45) is 5.73 Å². The zero-order valence-electron chi connectivity index (χ0n) is 10.5. The van der Waals surface area contributed by atoms with Crippen molar-refractivity contribution in [3.05, 3.63) is 33.3 Å². The summed E-state index contributed by atoms with van der Waals surface area (Å²) in [6, 6.07) is 6.69. The number of nitrogens with zero attached hydrogens (tertiary/aromatic N) is 1. The topological polar surface area (TPSA) is 29.3 Å². The van der Waals surface area contributed by atoms with Gasteiger partial charge in [0, 0.05) is 22.1 Å². The first-order valence-electron chi connectivity index (χ1n) is 6.58. The van der Waals surface area contributed by atoms with Crippen LogP contribution in [0.25, 0.3) is 0 Å². The van der Waals surface area contributed by atoms with E-state index in [1.165, 1.54) is 31.4 Å². The van der Waals surface area contributed by atoms with Gasteiger partial charge in [-0.3, -0.25) is 4.90 Å². The van der Waals surface area contributed by atoms with Gasteiger partial charge in [-0.2, -0.15) is 0 Å². The lowest BCUT2D eigenvalue weighted by molar-refractivity contribution is 0.134. The Morgan fingerprint density at radius 2 is 2.22 bits per heavy atom. The van der Waals surface area contributed by atoms with Crippen LogP contribution < -0.4 is 5.73 Å². The Kier molecular flexibility index (Phi) is 5.49. The highest BCUT2D eigenvalue weighted by atomic mass is 79.9. The van der Waals surface area contributed by atoms with Crippen LogP contribution in [0.4, 0.5) is 0 Å². The lowest BCUT2D eigenvalue weighted by atomic mass is 9.98. The van der Waals surface area contributed by atoms with Gasteiger partial charge in [-0.05, 0) is 50.0 Å². The monoisotopic (exact) mass is 330 g/mol. The summed E-state index contributed by atoms with van der Waals surface area (Å²) in [6.07, 6.45) is 5.02. The second-order valence-corrected chi connectivity index (χ2v) is 6.22. The largest absolute Gasteiger partial charge is 0.330 e. The van der Waals surface area contributed by atoms with E-state index in [1.807, 2.05) is 12.1 Å². The van der Waals surface area contributed by atoms with Gasteiger partial charge >= 0.3 is 0 Å². The van der Waals surface area contributed by atoms with Crippen LogP contribution in [0.3, 0.4) is 0 Å². The van der Waals surface area contributed by atoms with Gasteiger partial charge < -0.3 is 5.73 Å². The number of halogens is 2. The molecule has 1 aliphatic rings. The van der Waals surface area contributed by atoms with Crippen LogP contribution in [0.15, 0.2) is 22.7 Å². The van der Waals surface area contributed by atoms with E-state index in [-0.39, 0.29) is 0 Å². The fourth-order valence-electron chi connectivity index (χ4n) is 2.66. The van der Waals surface area contributed by atoms with Gasteiger partial charge in [0.05, 0.1) is 0 Å². The molecular formula is C14H20BrClN2. The van der Waals surface area contributed by atoms with Gasteiger partial charge in [-0.1, -0.05) is 40.0 Å². The molecule has 0 radical (unpaired) electrons. The molecule has 2 nitrogen and oxygen atoms in total. The minimum atomic E-state index is 0.645. The van der Waals surface area contributed by atoms with E-state index >= 15 is 0 Å². The SMILES string of the molecule is NCCC1CCCCN1Cc1ccc(Cl)cc1Br. The molecule has 1 heterocycles. The van der Waals surface area contributed by atoms with Crippen LogP contribution in [-0.2, 0) is 6.54 Å². The second kappa shape index (κ2) is 6.90. The molecule has 18 heavy (non-hydrogen) atoms. The molecule has 2 rings (SSSR count). The molecule has 0 bridgehead atoms. The van der Waals surface area contributed by atoms with E-state index in [4.69, 9.17) is 17.3 Å². The predicted octanol–water partition coefficient (Wildman–Crippen LogP) is 3.81. The zero-order chi connectivity index (χ0) is 13.0. The summed E-state index contributed by atoms with van der Waals surface area (Å²) in [4.78, 5) is 2.56. The average molecular weight is 332 g/mol. The fourth-order valence-corrected chi connectivity index (χ4v) is 3.46. The first kappa shape index (κ1) is 14.3. The average Bonchev–Trinajstić information content (AvgIpc) is 2.35. The normalized spacial score (nSPS) is 21.2. The van der Waals surface area contributed by atoms with Gasteiger partial charge in [0.25, 0.3) is 0 Å². The second-order valence-electron chi connectivity index (χ2n) is 4.93. The van der Waals surface area contributed by atoms with Crippen molar-refractivity contribution in [1.29, 1.82) is 0 Å². The summed E-state index contributed by atoms with van der Waals surface area (Å²) in [7, 11) is 0. The molecule has 0 spiro atoms. The van der Waals surface area contributed by atoms with Gasteiger partial charge in [0.2, 0.25) is 0 Å². The van der Waals surface area contributed by atoms with Crippen LogP contribution in [0.5, 0.6) is 0 Å². The Hall–Kier alpha value is -0.0900. The van der Waals surface area contributed by atoms with Gasteiger partial charge in [0.15, 0.2) is 0 Å².